The van der Waals surface area contributed by atoms with Gasteiger partial charge >= 0.3 is 0 Å². The third kappa shape index (κ3) is 2.38. The van der Waals surface area contributed by atoms with E-state index < -0.39 is 10.8 Å². The van der Waals surface area contributed by atoms with Gasteiger partial charge in [-0.3, -0.25) is 4.21 Å². The molecule has 0 saturated carbocycles. The van der Waals surface area contributed by atoms with Gasteiger partial charge in [0.05, 0.1) is 18.2 Å². The summed E-state index contributed by atoms with van der Waals surface area (Å²) in [5.74, 6) is 0. The predicted octanol–water partition coefficient (Wildman–Crippen LogP) is 2.29. The van der Waals surface area contributed by atoms with Gasteiger partial charge in [0.2, 0.25) is 0 Å². The maximum atomic E-state index is 11.6. The fourth-order valence-electron chi connectivity index (χ4n) is 2.63. The molecule has 0 aliphatic carbocycles. The minimum Gasteiger partial charge on any atom is -0.384 e. The highest BCUT2D eigenvalue weighted by Gasteiger charge is 2.18. The molecule has 2 atom stereocenters. The van der Waals surface area contributed by atoms with Crippen LogP contribution in [0.1, 0.15) is 12.5 Å². The van der Waals surface area contributed by atoms with Crippen LogP contribution in [0, 0.1) is 0 Å². The van der Waals surface area contributed by atoms with Gasteiger partial charge in [-0.1, -0.05) is 18.2 Å². The maximum absolute atomic E-state index is 11.6. The molecule has 4 nitrogen and oxygen atoms in total. The summed E-state index contributed by atoms with van der Waals surface area (Å²) >= 11 is 0. The lowest BCUT2D eigenvalue weighted by atomic mass is 10.1. The van der Waals surface area contributed by atoms with E-state index in [0.29, 0.717) is 0 Å². The van der Waals surface area contributed by atoms with Crippen LogP contribution >= 0.6 is 0 Å². The Morgan fingerprint density at radius 3 is 3.15 bits per heavy atom. The van der Waals surface area contributed by atoms with Gasteiger partial charge < -0.3 is 9.88 Å². The van der Waals surface area contributed by atoms with Crippen molar-refractivity contribution in [1.82, 2.24) is 9.55 Å². The lowest BCUT2D eigenvalue weighted by molar-refractivity contribution is 0.645. The van der Waals surface area contributed by atoms with Crippen molar-refractivity contribution < 1.29 is 4.21 Å². The van der Waals surface area contributed by atoms with E-state index in [4.69, 9.17) is 0 Å². The fourth-order valence-corrected chi connectivity index (χ4v) is 3.00. The number of rotatable bonds is 4. The Balaban J connectivity index is 1.98. The van der Waals surface area contributed by atoms with Crippen LogP contribution in [0.5, 0.6) is 0 Å². The summed E-state index contributed by atoms with van der Waals surface area (Å²) in [6.45, 7) is 3.73. The van der Waals surface area contributed by atoms with Crippen molar-refractivity contribution in [2.45, 2.75) is 25.1 Å². The molecule has 1 aromatic carbocycles. The van der Waals surface area contributed by atoms with Gasteiger partial charge in [-0.15, -0.1) is 0 Å². The zero-order chi connectivity index (χ0) is 14.1. The summed E-state index contributed by atoms with van der Waals surface area (Å²) in [5, 5.41) is 3.58. The second-order valence-corrected chi connectivity index (χ2v) is 7.06. The highest BCUT2D eigenvalue weighted by Crippen LogP contribution is 2.34. The summed E-state index contributed by atoms with van der Waals surface area (Å²) in [6.07, 6.45) is 6.55. The van der Waals surface area contributed by atoms with Gasteiger partial charge in [0.1, 0.15) is 0 Å². The summed E-state index contributed by atoms with van der Waals surface area (Å²) in [6, 6.07) is 6.39. The average Bonchev–Trinajstić information content (AvgIpc) is 3.06. The summed E-state index contributed by atoms with van der Waals surface area (Å²) in [4.78, 5) is 4.27. The van der Waals surface area contributed by atoms with E-state index in [0.717, 1.165) is 25.2 Å². The van der Waals surface area contributed by atoms with Crippen LogP contribution in [0.3, 0.4) is 0 Å². The van der Waals surface area contributed by atoms with Crippen molar-refractivity contribution in [1.29, 1.82) is 0 Å². The molecular formula is C15H19N3OS. The molecule has 1 N–H and O–H groups in total. The lowest BCUT2D eigenvalue weighted by Crippen LogP contribution is -2.17. The van der Waals surface area contributed by atoms with Crippen LogP contribution < -0.4 is 5.32 Å². The van der Waals surface area contributed by atoms with Gasteiger partial charge in [0.25, 0.3) is 0 Å². The number of imidazole rings is 1. The van der Waals surface area contributed by atoms with Gasteiger partial charge in [-0.2, -0.15) is 0 Å². The van der Waals surface area contributed by atoms with Crippen LogP contribution in [0.4, 0.5) is 5.69 Å². The summed E-state index contributed by atoms with van der Waals surface area (Å²) in [7, 11) is -0.823. The molecule has 106 valence electrons. The van der Waals surface area contributed by atoms with Crippen molar-refractivity contribution in [2.75, 3.05) is 18.1 Å². The molecule has 0 bridgehead atoms. The number of anilines is 1. The highest BCUT2D eigenvalue weighted by atomic mass is 32.2. The number of nitrogens with one attached hydrogen (secondary N) is 1. The molecule has 3 rings (SSSR count). The van der Waals surface area contributed by atoms with E-state index in [-0.39, 0.29) is 5.25 Å². The number of nitrogens with zero attached hydrogens (tertiary/aromatic N) is 2. The number of para-hydroxylation sites is 1. The molecule has 1 aliphatic heterocycles. The largest absolute Gasteiger partial charge is 0.384 e. The number of hydrogen-bond donors (Lipinski definition) is 1. The first-order chi connectivity index (χ1) is 9.66. The number of benzene rings is 1. The molecule has 1 aromatic heterocycles. The lowest BCUT2D eigenvalue weighted by Gasteiger charge is -2.14. The third-order valence-electron chi connectivity index (χ3n) is 3.86. The Hall–Kier alpha value is -1.62. The SMILES string of the molecule is CC(Cn1cncc1-c1cccc2c1NCC2)S(C)=O. The van der Waals surface area contributed by atoms with Crippen LogP contribution in [0.15, 0.2) is 30.7 Å². The van der Waals surface area contributed by atoms with E-state index in [1.165, 1.54) is 16.8 Å². The average molecular weight is 289 g/mol. The second-order valence-electron chi connectivity index (χ2n) is 5.26. The molecule has 1 aliphatic rings. The predicted molar refractivity (Wildman–Crippen MR) is 83.4 cm³/mol. The second kappa shape index (κ2) is 5.40. The molecule has 20 heavy (non-hydrogen) atoms. The Kier molecular flexibility index (Phi) is 3.61. The molecule has 0 saturated heterocycles. The maximum Gasteiger partial charge on any atom is 0.0951 e. The summed E-state index contributed by atoms with van der Waals surface area (Å²) in [5.41, 5.74) is 4.86. The highest BCUT2D eigenvalue weighted by molar-refractivity contribution is 7.84. The van der Waals surface area contributed by atoms with Gasteiger partial charge in [0, 0.05) is 46.6 Å². The smallest absolute Gasteiger partial charge is 0.0951 e. The fraction of sp³-hybridized carbons (Fsp3) is 0.400. The topological polar surface area (TPSA) is 46.9 Å². The molecule has 2 unspecified atom stereocenters. The van der Waals surface area contributed by atoms with Gasteiger partial charge in [-0.25, -0.2) is 4.98 Å². The van der Waals surface area contributed by atoms with Crippen LogP contribution in [0.2, 0.25) is 0 Å². The van der Waals surface area contributed by atoms with Crippen molar-refractivity contribution in [3.05, 3.63) is 36.3 Å². The number of aromatic nitrogens is 2. The van der Waals surface area contributed by atoms with Gasteiger partial charge in [0.15, 0.2) is 0 Å². The molecule has 0 spiro atoms. The molecule has 5 heteroatoms. The zero-order valence-electron chi connectivity index (χ0n) is 11.8. The molecule has 2 aromatic rings. The Bertz CT molecular complexity index is 650. The molecule has 0 fully saturated rings. The van der Waals surface area contributed by atoms with E-state index in [1.54, 1.807) is 6.26 Å². The monoisotopic (exact) mass is 289 g/mol. The van der Waals surface area contributed by atoms with Crippen molar-refractivity contribution in [3.8, 4) is 11.3 Å². The van der Waals surface area contributed by atoms with Gasteiger partial charge in [-0.05, 0) is 18.9 Å². The molecule has 0 amide bonds. The number of fused-ring (bicyclic) bond motifs is 1. The van der Waals surface area contributed by atoms with Crippen molar-refractivity contribution in [2.24, 2.45) is 0 Å². The van der Waals surface area contributed by atoms with Crippen LogP contribution in [0.25, 0.3) is 11.3 Å². The van der Waals surface area contributed by atoms with Crippen LogP contribution in [-0.4, -0.2) is 31.8 Å². The minimum atomic E-state index is -0.823. The van der Waals surface area contributed by atoms with Crippen LogP contribution in [-0.2, 0) is 23.8 Å². The first kappa shape index (κ1) is 13.4. The van der Waals surface area contributed by atoms with Crippen molar-refractivity contribution in [3.63, 3.8) is 0 Å². The summed E-state index contributed by atoms with van der Waals surface area (Å²) < 4.78 is 13.7. The Labute approximate surface area is 121 Å². The van der Waals surface area contributed by atoms with E-state index in [2.05, 4.69) is 33.1 Å². The third-order valence-corrected chi connectivity index (χ3v) is 5.14. The normalized spacial score (nSPS) is 16.5. The first-order valence-corrected chi connectivity index (χ1v) is 8.47. The Morgan fingerprint density at radius 1 is 1.50 bits per heavy atom. The van der Waals surface area contributed by atoms with Crippen molar-refractivity contribution >= 4 is 16.5 Å². The van der Waals surface area contributed by atoms with E-state index in [9.17, 15) is 4.21 Å². The number of hydrogen-bond acceptors (Lipinski definition) is 3. The van der Waals surface area contributed by atoms with E-state index >= 15 is 0 Å². The molecule has 2 heterocycles. The zero-order valence-corrected chi connectivity index (χ0v) is 12.6. The first-order valence-electron chi connectivity index (χ1n) is 6.85. The quantitative estimate of drug-likeness (QED) is 0.939. The standard InChI is InChI=1S/C15H19N3OS/c1-11(20(2)19)9-18-10-16-8-14(18)13-5-3-4-12-6-7-17-15(12)13/h3-5,8,10-11,17H,6-7,9H2,1-2H3. The molecular weight excluding hydrogens is 270 g/mol. The van der Waals surface area contributed by atoms with E-state index in [1.807, 2.05) is 19.4 Å². The Morgan fingerprint density at radius 2 is 2.35 bits per heavy atom. The minimum absolute atomic E-state index is 0.118. The molecule has 0 radical (unpaired) electrons.